The predicted octanol–water partition coefficient (Wildman–Crippen LogP) is 4.53. The highest BCUT2D eigenvalue weighted by molar-refractivity contribution is 7.99. The van der Waals surface area contributed by atoms with Crippen LogP contribution in [-0.2, 0) is 4.79 Å². The highest BCUT2D eigenvalue weighted by atomic mass is 32.2. The Labute approximate surface area is 172 Å². The minimum absolute atomic E-state index is 0.126. The zero-order valence-electron chi connectivity index (χ0n) is 15.7. The largest absolute Gasteiger partial charge is 0.349 e. The maximum Gasteiger partial charge on any atom is 0.230 e. The van der Waals surface area contributed by atoms with Crippen LogP contribution in [0.2, 0.25) is 0 Å². The smallest absolute Gasteiger partial charge is 0.230 e. The van der Waals surface area contributed by atoms with Crippen LogP contribution >= 0.6 is 11.8 Å². The molecule has 0 aliphatic heterocycles. The Morgan fingerprint density at radius 2 is 1.86 bits per heavy atom. The monoisotopic (exact) mass is 406 g/mol. The Morgan fingerprint density at radius 1 is 1.10 bits per heavy atom. The van der Waals surface area contributed by atoms with Gasteiger partial charge in [-0.2, -0.15) is 0 Å². The Morgan fingerprint density at radius 3 is 2.72 bits per heavy atom. The third kappa shape index (κ3) is 4.14. The number of fused-ring (bicyclic) bond motifs is 1. The van der Waals surface area contributed by atoms with Gasteiger partial charge in [0, 0.05) is 0 Å². The molecular weight excluding hydrogens is 387 g/mol. The van der Waals surface area contributed by atoms with Crippen molar-refractivity contribution in [2.75, 3.05) is 5.75 Å². The van der Waals surface area contributed by atoms with Crippen molar-refractivity contribution in [1.29, 1.82) is 0 Å². The second-order valence-electron chi connectivity index (χ2n) is 6.58. The molecule has 0 saturated heterocycles. The van der Waals surface area contributed by atoms with Crippen LogP contribution in [0, 0.1) is 5.82 Å². The fourth-order valence-corrected chi connectivity index (χ4v) is 3.99. The number of aromatic nitrogens is 3. The lowest BCUT2D eigenvalue weighted by molar-refractivity contribution is -0.119. The summed E-state index contributed by atoms with van der Waals surface area (Å²) in [6.45, 7) is 1.96. The van der Waals surface area contributed by atoms with Crippen LogP contribution in [0.5, 0.6) is 0 Å². The summed E-state index contributed by atoms with van der Waals surface area (Å²) in [5, 5.41) is 13.6. The Balaban J connectivity index is 1.44. The van der Waals surface area contributed by atoms with E-state index in [4.69, 9.17) is 0 Å². The molecule has 0 saturated carbocycles. The number of thioether (sulfide) groups is 1. The lowest BCUT2D eigenvalue weighted by atomic mass is 10.00. The highest BCUT2D eigenvalue weighted by Crippen LogP contribution is 2.25. The van der Waals surface area contributed by atoms with Crippen LogP contribution in [0.15, 0.2) is 78.2 Å². The van der Waals surface area contributed by atoms with Crippen molar-refractivity contribution in [3.8, 4) is 5.69 Å². The van der Waals surface area contributed by atoms with E-state index in [1.807, 2.05) is 31.2 Å². The third-order valence-corrected chi connectivity index (χ3v) is 5.57. The number of carbonyl (C=O) groups is 1. The van der Waals surface area contributed by atoms with Crippen LogP contribution < -0.4 is 5.32 Å². The molecule has 0 radical (unpaired) electrons. The van der Waals surface area contributed by atoms with E-state index in [1.165, 1.54) is 24.2 Å². The van der Waals surface area contributed by atoms with Gasteiger partial charge < -0.3 is 5.32 Å². The van der Waals surface area contributed by atoms with Gasteiger partial charge in [0.1, 0.15) is 12.1 Å². The lowest BCUT2D eigenvalue weighted by Gasteiger charge is -2.16. The van der Waals surface area contributed by atoms with E-state index in [-0.39, 0.29) is 23.5 Å². The fraction of sp³-hybridized carbons (Fsp3) is 0.136. The molecule has 0 bridgehead atoms. The number of halogens is 1. The van der Waals surface area contributed by atoms with E-state index in [2.05, 4.69) is 33.7 Å². The number of nitrogens with zero attached hydrogens (tertiary/aromatic N) is 3. The number of nitrogens with one attached hydrogen (secondary N) is 1. The average Bonchev–Trinajstić information content (AvgIpc) is 3.20. The maximum absolute atomic E-state index is 14.1. The van der Waals surface area contributed by atoms with Gasteiger partial charge in [0.25, 0.3) is 0 Å². The Hall–Kier alpha value is -3.19. The summed E-state index contributed by atoms with van der Waals surface area (Å²) in [5.74, 6) is -0.343. The summed E-state index contributed by atoms with van der Waals surface area (Å²) >= 11 is 1.22. The Kier molecular flexibility index (Phi) is 5.57. The normalized spacial score (nSPS) is 12.1. The van der Waals surface area contributed by atoms with Gasteiger partial charge in [-0.1, -0.05) is 66.4 Å². The first-order valence-electron chi connectivity index (χ1n) is 9.18. The van der Waals surface area contributed by atoms with E-state index >= 15 is 0 Å². The molecule has 0 aliphatic carbocycles. The molecule has 29 heavy (non-hydrogen) atoms. The van der Waals surface area contributed by atoms with Gasteiger partial charge in [-0.15, -0.1) is 10.2 Å². The van der Waals surface area contributed by atoms with Crippen LogP contribution in [-0.4, -0.2) is 26.4 Å². The topological polar surface area (TPSA) is 59.8 Å². The molecule has 3 aromatic carbocycles. The van der Waals surface area contributed by atoms with Gasteiger partial charge in [0.2, 0.25) is 5.91 Å². The molecule has 4 aromatic rings. The highest BCUT2D eigenvalue weighted by Gasteiger charge is 2.15. The van der Waals surface area contributed by atoms with Crippen LogP contribution in [0.3, 0.4) is 0 Å². The van der Waals surface area contributed by atoms with E-state index in [0.717, 1.165) is 16.3 Å². The minimum Gasteiger partial charge on any atom is -0.349 e. The van der Waals surface area contributed by atoms with Crippen LogP contribution in [0.25, 0.3) is 16.5 Å². The minimum atomic E-state index is -0.372. The molecule has 1 N–H and O–H groups in total. The van der Waals surface area contributed by atoms with Crippen molar-refractivity contribution in [1.82, 2.24) is 20.1 Å². The summed E-state index contributed by atoms with van der Waals surface area (Å²) in [6.07, 6.45) is 1.44. The SMILES string of the molecule is C[C@H](NC(=O)CSc1nncn1-c1ccccc1F)c1cccc2ccccc12. The van der Waals surface area contributed by atoms with Crippen LogP contribution in [0.4, 0.5) is 4.39 Å². The number of benzene rings is 3. The summed E-state index contributed by atoms with van der Waals surface area (Å²) in [6, 6.07) is 20.4. The first-order chi connectivity index (χ1) is 14.1. The molecule has 0 unspecified atom stereocenters. The summed E-state index contributed by atoms with van der Waals surface area (Å²) in [5.41, 5.74) is 1.42. The molecule has 5 nitrogen and oxygen atoms in total. The van der Waals surface area contributed by atoms with Gasteiger partial charge in [-0.25, -0.2) is 4.39 Å². The van der Waals surface area contributed by atoms with Crippen molar-refractivity contribution in [2.45, 2.75) is 18.1 Å². The number of hydrogen-bond acceptors (Lipinski definition) is 4. The Bertz CT molecular complexity index is 1150. The van der Waals surface area contributed by atoms with E-state index in [9.17, 15) is 9.18 Å². The second-order valence-corrected chi connectivity index (χ2v) is 7.52. The third-order valence-electron chi connectivity index (χ3n) is 4.63. The molecule has 0 aliphatic rings. The zero-order valence-corrected chi connectivity index (χ0v) is 16.6. The molecule has 7 heteroatoms. The van der Waals surface area contributed by atoms with Crippen LogP contribution in [0.1, 0.15) is 18.5 Å². The standard InChI is InChI=1S/C22H19FN4OS/c1-15(17-10-6-8-16-7-2-3-9-18(16)17)25-21(28)13-29-22-26-24-14-27(22)20-12-5-4-11-19(20)23/h2-12,14-15H,13H2,1H3,(H,25,28)/t15-/m0/s1. The predicted molar refractivity (Wildman–Crippen MR) is 113 cm³/mol. The van der Waals surface area contributed by atoms with Gasteiger partial charge in [-0.05, 0) is 35.4 Å². The molecule has 1 aromatic heterocycles. The molecule has 1 atom stereocenters. The zero-order chi connectivity index (χ0) is 20.2. The van der Waals surface area contributed by atoms with Crippen molar-refractivity contribution < 1.29 is 9.18 Å². The molecule has 1 amide bonds. The number of carbonyl (C=O) groups excluding carboxylic acids is 1. The number of amides is 1. The summed E-state index contributed by atoms with van der Waals surface area (Å²) in [4.78, 5) is 12.5. The number of hydrogen-bond donors (Lipinski definition) is 1. The second kappa shape index (κ2) is 8.45. The number of para-hydroxylation sites is 1. The molecule has 4 rings (SSSR count). The molecule has 0 spiro atoms. The quantitative estimate of drug-likeness (QED) is 0.478. The van der Waals surface area contributed by atoms with Crippen molar-refractivity contribution in [3.63, 3.8) is 0 Å². The molecule has 146 valence electrons. The van der Waals surface area contributed by atoms with Crippen molar-refractivity contribution in [2.24, 2.45) is 0 Å². The maximum atomic E-state index is 14.1. The van der Waals surface area contributed by atoms with Gasteiger partial charge in [0.05, 0.1) is 17.5 Å². The van der Waals surface area contributed by atoms with E-state index in [0.29, 0.717) is 10.8 Å². The average molecular weight is 406 g/mol. The summed E-state index contributed by atoms with van der Waals surface area (Å²) < 4.78 is 15.6. The first kappa shape index (κ1) is 19.1. The lowest BCUT2D eigenvalue weighted by Crippen LogP contribution is -2.28. The molecule has 1 heterocycles. The summed E-state index contributed by atoms with van der Waals surface area (Å²) in [7, 11) is 0. The fourth-order valence-electron chi connectivity index (χ4n) is 3.25. The first-order valence-corrected chi connectivity index (χ1v) is 10.2. The van der Waals surface area contributed by atoms with Gasteiger partial charge in [-0.3, -0.25) is 9.36 Å². The molecule has 0 fully saturated rings. The molecular formula is C22H19FN4OS. The van der Waals surface area contributed by atoms with Gasteiger partial charge in [0.15, 0.2) is 5.16 Å². The van der Waals surface area contributed by atoms with E-state index < -0.39 is 0 Å². The number of rotatable bonds is 6. The van der Waals surface area contributed by atoms with E-state index in [1.54, 1.807) is 22.8 Å². The van der Waals surface area contributed by atoms with Gasteiger partial charge >= 0.3 is 0 Å². The van der Waals surface area contributed by atoms with Crippen molar-refractivity contribution in [3.05, 3.63) is 84.4 Å². The van der Waals surface area contributed by atoms with Crippen molar-refractivity contribution >= 4 is 28.4 Å².